The molecule has 5 heteroatoms. The predicted molar refractivity (Wildman–Crippen MR) is 65.8 cm³/mol. The molecule has 0 radical (unpaired) electrons. The minimum Gasteiger partial charge on any atom is -0.380 e. The van der Waals surface area contributed by atoms with Gasteiger partial charge in [0.05, 0.1) is 23.0 Å². The zero-order valence-corrected chi connectivity index (χ0v) is 11.0. The zero-order valence-electron chi connectivity index (χ0n) is 10.2. The molecule has 0 unspecified atom stereocenters. The first-order chi connectivity index (χ1) is 7.70. The maximum atomic E-state index is 6.22. The summed E-state index contributed by atoms with van der Waals surface area (Å²) in [5.74, 6) is 0. The first-order valence-corrected chi connectivity index (χ1v) is 6.07. The summed E-state index contributed by atoms with van der Waals surface area (Å²) >= 11 is 6.22. The van der Waals surface area contributed by atoms with Crippen molar-refractivity contribution in [2.24, 2.45) is 7.05 Å². The molecule has 0 aliphatic heterocycles. The highest BCUT2D eigenvalue weighted by Crippen LogP contribution is 2.20. The number of ether oxygens (including phenoxy) is 1. The number of rotatable bonds is 7. The van der Waals surface area contributed by atoms with Crippen LogP contribution in [0.2, 0.25) is 5.02 Å². The van der Waals surface area contributed by atoms with Crippen molar-refractivity contribution in [1.82, 2.24) is 15.1 Å². The molecule has 92 valence electrons. The second-order valence-corrected chi connectivity index (χ2v) is 3.94. The number of aromatic nitrogens is 2. The zero-order chi connectivity index (χ0) is 12.0. The fraction of sp³-hybridized carbons (Fsp3) is 0.727. The molecule has 1 N–H and O–H groups in total. The highest BCUT2D eigenvalue weighted by Gasteiger charge is 2.11. The molecular formula is C11H20ClN3O. The summed E-state index contributed by atoms with van der Waals surface area (Å²) in [7, 11) is 1.92. The van der Waals surface area contributed by atoms with E-state index in [1.54, 1.807) is 0 Å². The molecule has 0 amide bonds. The Morgan fingerprint density at radius 3 is 2.75 bits per heavy atom. The molecule has 0 aromatic carbocycles. The van der Waals surface area contributed by atoms with Crippen LogP contribution in [0.15, 0.2) is 0 Å². The van der Waals surface area contributed by atoms with Gasteiger partial charge in [-0.1, -0.05) is 18.5 Å². The highest BCUT2D eigenvalue weighted by atomic mass is 35.5. The van der Waals surface area contributed by atoms with Gasteiger partial charge in [0.1, 0.15) is 0 Å². The Hall–Kier alpha value is -0.580. The summed E-state index contributed by atoms with van der Waals surface area (Å²) in [5, 5.41) is 8.43. The molecule has 4 nitrogen and oxygen atoms in total. The minimum absolute atomic E-state index is 0.729. The van der Waals surface area contributed by atoms with E-state index in [1.165, 1.54) is 0 Å². The fourth-order valence-corrected chi connectivity index (χ4v) is 1.87. The lowest BCUT2D eigenvalue weighted by molar-refractivity contribution is 0.149. The van der Waals surface area contributed by atoms with Crippen molar-refractivity contribution in [2.45, 2.75) is 26.8 Å². The third-order valence-electron chi connectivity index (χ3n) is 2.42. The van der Waals surface area contributed by atoms with Gasteiger partial charge in [-0.25, -0.2) is 0 Å². The van der Waals surface area contributed by atoms with Crippen LogP contribution in [0.1, 0.15) is 25.2 Å². The average molecular weight is 246 g/mol. The van der Waals surface area contributed by atoms with Gasteiger partial charge in [-0.05, 0) is 13.3 Å². The van der Waals surface area contributed by atoms with Gasteiger partial charge < -0.3 is 10.1 Å². The number of nitrogens with zero attached hydrogens (tertiary/aromatic N) is 2. The monoisotopic (exact) mass is 245 g/mol. The smallest absolute Gasteiger partial charge is 0.0863 e. The molecule has 0 atom stereocenters. The van der Waals surface area contributed by atoms with Crippen LogP contribution in [-0.2, 0) is 24.8 Å². The Kier molecular flexibility index (Phi) is 5.80. The number of halogens is 1. The van der Waals surface area contributed by atoms with Crippen molar-refractivity contribution < 1.29 is 4.74 Å². The molecule has 16 heavy (non-hydrogen) atoms. The van der Waals surface area contributed by atoms with Crippen LogP contribution in [0.5, 0.6) is 0 Å². The van der Waals surface area contributed by atoms with Crippen LogP contribution in [-0.4, -0.2) is 29.5 Å². The van der Waals surface area contributed by atoms with Crippen LogP contribution in [0, 0.1) is 0 Å². The molecule has 0 aliphatic rings. The van der Waals surface area contributed by atoms with Gasteiger partial charge in [-0.3, -0.25) is 4.68 Å². The summed E-state index contributed by atoms with van der Waals surface area (Å²) in [6.45, 7) is 7.10. The molecule has 1 aromatic rings. The van der Waals surface area contributed by atoms with Gasteiger partial charge in [-0.15, -0.1) is 0 Å². The normalized spacial score (nSPS) is 11.0. The predicted octanol–water partition coefficient (Wildman–Crippen LogP) is 1.76. The van der Waals surface area contributed by atoms with Gasteiger partial charge in [0, 0.05) is 26.7 Å². The summed E-state index contributed by atoms with van der Waals surface area (Å²) in [6, 6.07) is 0. The Labute approximate surface area is 102 Å². The number of hydrogen-bond donors (Lipinski definition) is 1. The minimum atomic E-state index is 0.729. The van der Waals surface area contributed by atoms with Gasteiger partial charge in [0.15, 0.2) is 0 Å². The molecule has 0 bridgehead atoms. The highest BCUT2D eigenvalue weighted by molar-refractivity contribution is 6.31. The third kappa shape index (κ3) is 3.47. The number of aryl methyl sites for hydroxylation is 2. The average Bonchev–Trinajstić information content (AvgIpc) is 2.55. The molecule has 0 saturated heterocycles. The summed E-state index contributed by atoms with van der Waals surface area (Å²) in [4.78, 5) is 0. The van der Waals surface area contributed by atoms with Crippen molar-refractivity contribution in [3.63, 3.8) is 0 Å². The van der Waals surface area contributed by atoms with E-state index in [4.69, 9.17) is 16.3 Å². The molecule has 0 aliphatic carbocycles. The van der Waals surface area contributed by atoms with Crippen molar-refractivity contribution in [2.75, 3.05) is 19.8 Å². The molecular weight excluding hydrogens is 226 g/mol. The second-order valence-electron chi connectivity index (χ2n) is 3.56. The first kappa shape index (κ1) is 13.5. The Morgan fingerprint density at radius 1 is 1.44 bits per heavy atom. The SMILES string of the molecule is CCOCCNCc1c(Cl)c(CC)nn1C. The van der Waals surface area contributed by atoms with Crippen LogP contribution in [0.25, 0.3) is 0 Å². The van der Waals surface area contributed by atoms with E-state index in [0.29, 0.717) is 0 Å². The van der Waals surface area contributed by atoms with E-state index in [2.05, 4.69) is 17.3 Å². The standard InChI is InChI=1S/C11H20ClN3O/c1-4-9-11(12)10(15(3)14-9)8-13-6-7-16-5-2/h13H,4-8H2,1-3H3. The summed E-state index contributed by atoms with van der Waals surface area (Å²) in [5.41, 5.74) is 2.00. The number of hydrogen-bond acceptors (Lipinski definition) is 3. The fourth-order valence-electron chi connectivity index (χ4n) is 1.51. The van der Waals surface area contributed by atoms with E-state index in [9.17, 15) is 0 Å². The van der Waals surface area contributed by atoms with Crippen LogP contribution >= 0.6 is 11.6 Å². The lowest BCUT2D eigenvalue weighted by Crippen LogP contribution is -2.20. The Balaban J connectivity index is 2.44. The van der Waals surface area contributed by atoms with Crippen molar-refractivity contribution in [3.05, 3.63) is 16.4 Å². The molecule has 1 heterocycles. The van der Waals surface area contributed by atoms with Crippen LogP contribution in [0.4, 0.5) is 0 Å². The maximum absolute atomic E-state index is 6.22. The van der Waals surface area contributed by atoms with E-state index in [-0.39, 0.29) is 0 Å². The van der Waals surface area contributed by atoms with Crippen LogP contribution in [0.3, 0.4) is 0 Å². The van der Waals surface area contributed by atoms with Gasteiger partial charge >= 0.3 is 0 Å². The van der Waals surface area contributed by atoms with Crippen LogP contribution < -0.4 is 5.32 Å². The molecule has 0 saturated carbocycles. The first-order valence-electron chi connectivity index (χ1n) is 5.69. The van der Waals surface area contributed by atoms with Crippen molar-refractivity contribution >= 4 is 11.6 Å². The lowest BCUT2D eigenvalue weighted by Gasteiger charge is -2.05. The van der Waals surface area contributed by atoms with Gasteiger partial charge in [0.25, 0.3) is 0 Å². The molecule has 1 aromatic heterocycles. The summed E-state index contributed by atoms with van der Waals surface area (Å²) < 4.78 is 7.08. The molecule has 1 rings (SSSR count). The third-order valence-corrected chi connectivity index (χ3v) is 2.86. The van der Waals surface area contributed by atoms with Gasteiger partial charge in [0.2, 0.25) is 0 Å². The summed E-state index contributed by atoms with van der Waals surface area (Å²) in [6.07, 6.45) is 0.867. The van der Waals surface area contributed by atoms with E-state index in [0.717, 1.165) is 49.1 Å². The maximum Gasteiger partial charge on any atom is 0.0863 e. The van der Waals surface area contributed by atoms with Crippen molar-refractivity contribution in [1.29, 1.82) is 0 Å². The topological polar surface area (TPSA) is 39.1 Å². The van der Waals surface area contributed by atoms with E-state index < -0.39 is 0 Å². The Bertz CT molecular complexity index is 325. The quantitative estimate of drug-likeness (QED) is 0.744. The lowest BCUT2D eigenvalue weighted by atomic mass is 10.3. The van der Waals surface area contributed by atoms with E-state index >= 15 is 0 Å². The van der Waals surface area contributed by atoms with Crippen molar-refractivity contribution in [3.8, 4) is 0 Å². The largest absolute Gasteiger partial charge is 0.380 e. The number of nitrogens with one attached hydrogen (secondary N) is 1. The molecule has 0 fully saturated rings. The second kappa shape index (κ2) is 6.89. The van der Waals surface area contributed by atoms with E-state index in [1.807, 2.05) is 18.7 Å². The van der Waals surface area contributed by atoms with Gasteiger partial charge in [-0.2, -0.15) is 5.10 Å². The molecule has 0 spiro atoms. The Morgan fingerprint density at radius 2 is 2.19 bits per heavy atom.